The predicted octanol–water partition coefficient (Wildman–Crippen LogP) is 4.28. The third kappa shape index (κ3) is 3.47. The standard InChI is InChI=1S/C21H17ClFN3O4/c22-15-9-14(1-3-16(15)23)21(27)26-7-5-12(6-8-26)20-24-19(25-30-20)13-2-4-17-18(10-13)29-11-28-17/h1-4,9-10,12H,5-8,11H2. The number of amides is 1. The summed E-state index contributed by atoms with van der Waals surface area (Å²) >= 11 is 5.80. The molecular weight excluding hydrogens is 413 g/mol. The van der Waals surface area contributed by atoms with E-state index in [1.807, 2.05) is 18.2 Å². The number of hydrogen-bond acceptors (Lipinski definition) is 6. The number of piperidine rings is 1. The second kappa shape index (κ2) is 7.60. The van der Waals surface area contributed by atoms with E-state index in [0.717, 1.165) is 5.56 Å². The number of nitrogens with zero attached hydrogens (tertiary/aromatic N) is 3. The van der Waals surface area contributed by atoms with E-state index in [-0.39, 0.29) is 23.6 Å². The highest BCUT2D eigenvalue weighted by Crippen LogP contribution is 2.36. The van der Waals surface area contributed by atoms with Gasteiger partial charge in [-0.3, -0.25) is 4.79 Å². The van der Waals surface area contributed by atoms with E-state index in [2.05, 4.69) is 10.1 Å². The zero-order valence-corrected chi connectivity index (χ0v) is 16.6. The number of halogens is 2. The van der Waals surface area contributed by atoms with Crippen LogP contribution in [0.5, 0.6) is 11.5 Å². The molecule has 0 radical (unpaired) electrons. The lowest BCUT2D eigenvalue weighted by atomic mass is 9.96. The highest BCUT2D eigenvalue weighted by atomic mass is 35.5. The molecule has 0 saturated carbocycles. The molecule has 154 valence electrons. The van der Waals surface area contributed by atoms with Crippen molar-refractivity contribution in [2.45, 2.75) is 18.8 Å². The molecular formula is C21H17ClFN3O4. The highest BCUT2D eigenvalue weighted by molar-refractivity contribution is 6.31. The van der Waals surface area contributed by atoms with Crippen molar-refractivity contribution in [3.63, 3.8) is 0 Å². The van der Waals surface area contributed by atoms with Gasteiger partial charge in [0.25, 0.3) is 5.91 Å². The lowest BCUT2D eigenvalue weighted by Crippen LogP contribution is -2.38. The predicted molar refractivity (Wildman–Crippen MR) is 105 cm³/mol. The molecule has 7 nitrogen and oxygen atoms in total. The fourth-order valence-electron chi connectivity index (χ4n) is 3.70. The van der Waals surface area contributed by atoms with Crippen molar-refractivity contribution in [1.29, 1.82) is 0 Å². The van der Waals surface area contributed by atoms with Crippen LogP contribution in [0.1, 0.15) is 35.0 Å². The fraction of sp³-hybridized carbons (Fsp3) is 0.286. The molecule has 0 atom stereocenters. The summed E-state index contributed by atoms with van der Waals surface area (Å²) in [5, 5.41) is 4.04. The molecule has 0 aliphatic carbocycles. The van der Waals surface area contributed by atoms with E-state index in [0.29, 0.717) is 54.7 Å². The van der Waals surface area contributed by atoms with Gasteiger partial charge in [0.05, 0.1) is 5.02 Å². The normalized spacial score (nSPS) is 16.1. The van der Waals surface area contributed by atoms with Crippen molar-refractivity contribution in [1.82, 2.24) is 15.0 Å². The van der Waals surface area contributed by atoms with Crippen molar-refractivity contribution < 1.29 is 23.2 Å². The lowest BCUT2D eigenvalue weighted by Gasteiger charge is -2.30. The minimum atomic E-state index is -0.540. The number of fused-ring (bicyclic) bond motifs is 1. The Hall–Kier alpha value is -3.13. The Morgan fingerprint density at radius 3 is 2.70 bits per heavy atom. The number of carbonyl (C=O) groups excluding carboxylic acids is 1. The minimum Gasteiger partial charge on any atom is -0.454 e. The molecule has 30 heavy (non-hydrogen) atoms. The number of carbonyl (C=O) groups is 1. The number of hydrogen-bond donors (Lipinski definition) is 0. The van der Waals surface area contributed by atoms with Crippen molar-refractivity contribution in [3.8, 4) is 22.9 Å². The van der Waals surface area contributed by atoms with Crippen LogP contribution < -0.4 is 9.47 Å². The fourth-order valence-corrected chi connectivity index (χ4v) is 3.88. The number of rotatable bonds is 3. The number of ether oxygens (including phenoxy) is 2. The first-order chi connectivity index (χ1) is 14.6. The van der Waals surface area contributed by atoms with Crippen LogP contribution in [0.15, 0.2) is 40.9 Å². The Bertz CT molecular complexity index is 1110. The quantitative estimate of drug-likeness (QED) is 0.618. The molecule has 5 rings (SSSR count). The molecule has 0 spiro atoms. The van der Waals surface area contributed by atoms with E-state index >= 15 is 0 Å². The van der Waals surface area contributed by atoms with Gasteiger partial charge in [0, 0.05) is 30.1 Å². The van der Waals surface area contributed by atoms with E-state index in [4.69, 9.17) is 25.6 Å². The zero-order chi connectivity index (χ0) is 20.7. The monoisotopic (exact) mass is 429 g/mol. The summed E-state index contributed by atoms with van der Waals surface area (Å²) in [6.07, 6.45) is 1.40. The topological polar surface area (TPSA) is 77.7 Å². The SMILES string of the molecule is O=C(c1ccc(F)c(Cl)c1)N1CCC(c2nc(-c3ccc4c(c3)OCO4)no2)CC1. The maximum Gasteiger partial charge on any atom is 0.253 e. The van der Waals surface area contributed by atoms with E-state index in [9.17, 15) is 9.18 Å². The third-order valence-electron chi connectivity index (χ3n) is 5.37. The van der Waals surface area contributed by atoms with Crippen LogP contribution in [0.2, 0.25) is 5.02 Å². The Morgan fingerprint density at radius 2 is 1.90 bits per heavy atom. The molecule has 2 aliphatic rings. The van der Waals surface area contributed by atoms with Crippen LogP contribution in [-0.2, 0) is 0 Å². The van der Waals surface area contributed by atoms with Gasteiger partial charge in [-0.2, -0.15) is 4.98 Å². The van der Waals surface area contributed by atoms with Crippen LogP contribution in [-0.4, -0.2) is 40.8 Å². The summed E-state index contributed by atoms with van der Waals surface area (Å²) in [6, 6.07) is 9.52. The molecule has 3 heterocycles. The van der Waals surface area contributed by atoms with Crippen molar-refractivity contribution in [2.75, 3.05) is 19.9 Å². The second-order valence-electron chi connectivity index (χ2n) is 7.22. The van der Waals surface area contributed by atoms with Crippen LogP contribution in [0, 0.1) is 5.82 Å². The summed E-state index contributed by atoms with van der Waals surface area (Å²) in [7, 11) is 0. The maximum atomic E-state index is 13.3. The van der Waals surface area contributed by atoms with Gasteiger partial charge >= 0.3 is 0 Å². The number of benzene rings is 2. The van der Waals surface area contributed by atoms with Gasteiger partial charge in [-0.1, -0.05) is 16.8 Å². The largest absolute Gasteiger partial charge is 0.454 e. The Balaban J connectivity index is 1.25. The van der Waals surface area contributed by atoms with Crippen molar-refractivity contribution in [3.05, 3.63) is 58.7 Å². The molecule has 2 aliphatic heterocycles. The van der Waals surface area contributed by atoms with Crippen molar-refractivity contribution >= 4 is 17.5 Å². The van der Waals surface area contributed by atoms with Crippen LogP contribution in [0.25, 0.3) is 11.4 Å². The average molecular weight is 430 g/mol. The first-order valence-electron chi connectivity index (χ1n) is 9.56. The smallest absolute Gasteiger partial charge is 0.253 e. The molecule has 1 amide bonds. The molecule has 2 aromatic carbocycles. The molecule has 0 N–H and O–H groups in total. The van der Waals surface area contributed by atoms with E-state index < -0.39 is 5.82 Å². The maximum absolute atomic E-state index is 13.3. The van der Waals surface area contributed by atoms with E-state index in [1.54, 1.807) is 4.90 Å². The molecule has 9 heteroatoms. The van der Waals surface area contributed by atoms with Gasteiger partial charge in [0.1, 0.15) is 5.82 Å². The van der Waals surface area contributed by atoms with Gasteiger partial charge < -0.3 is 18.9 Å². The lowest BCUT2D eigenvalue weighted by molar-refractivity contribution is 0.0704. The molecule has 3 aromatic rings. The van der Waals surface area contributed by atoms with Gasteiger partial charge in [0.2, 0.25) is 18.5 Å². The van der Waals surface area contributed by atoms with Crippen LogP contribution in [0.3, 0.4) is 0 Å². The first kappa shape index (κ1) is 18.9. The van der Waals surface area contributed by atoms with Crippen LogP contribution in [0.4, 0.5) is 4.39 Å². The zero-order valence-electron chi connectivity index (χ0n) is 15.8. The summed E-state index contributed by atoms with van der Waals surface area (Å²) < 4.78 is 29.5. The van der Waals surface area contributed by atoms with Gasteiger partial charge in [0.15, 0.2) is 11.5 Å². The molecule has 1 saturated heterocycles. The number of aromatic nitrogens is 2. The van der Waals surface area contributed by atoms with Gasteiger partial charge in [-0.15, -0.1) is 0 Å². The van der Waals surface area contributed by atoms with E-state index in [1.165, 1.54) is 18.2 Å². The summed E-state index contributed by atoms with van der Waals surface area (Å²) in [5.74, 6) is 1.76. The summed E-state index contributed by atoms with van der Waals surface area (Å²) in [4.78, 5) is 18.9. The third-order valence-corrected chi connectivity index (χ3v) is 5.66. The average Bonchev–Trinajstić information content (AvgIpc) is 3.44. The van der Waals surface area contributed by atoms with Crippen molar-refractivity contribution in [2.24, 2.45) is 0 Å². The summed E-state index contributed by atoms with van der Waals surface area (Å²) in [6.45, 7) is 1.29. The minimum absolute atomic E-state index is 0.0577. The highest BCUT2D eigenvalue weighted by Gasteiger charge is 2.28. The Morgan fingerprint density at radius 1 is 1.10 bits per heavy atom. The Labute approximate surface area is 176 Å². The summed E-state index contributed by atoms with van der Waals surface area (Å²) in [5.41, 5.74) is 1.16. The molecule has 1 fully saturated rings. The first-order valence-corrected chi connectivity index (χ1v) is 9.94. The van der Waals surface area contributed by atoms with Gasteiger partial charge in [-0.25, -0.2) is 4.39 Å². The Kier molecular flexibility index (Phi) is 4.78. The van der Waals surface area contributed by atoms with Crippen LogP contribution >= 0.6 is 11.6 Å². The number of likely N-dealkylation sites (tertiary alicyclic amines) is 1. The molecule has 0 bridgehead atoms. The molecule has 0 unspecified atom stereocenters. The van der Waals surface area contributed by atoms with Gasteiger partial charge in [-0.05, 0) is 49.2 Å². The molecule has 1 aromatic heterocycles. The second-order valence-corrected chi connectivity index (χ2v) is 7.63.